The van der Waals surface area contributed by atoms with Crippen molar-refractivity contribution in [3.63, 3.8) is 0 Å². The minimum atomic E-state index is -0.189. The summed E-state index contributed by atoms with van der Waals surface area (Å²) in [6.45, 7) is 2.85. The van der Waals surface area contributed by atoms with Crippen molar-refractivity contribution in [1.29, 1.82) is 0 Å². The van der Waals surface area contributed by atoms with E-state index in [1.807, 2.05) is 0 Å². The topological polar surface area (TPSA) is 9.23 Å². The Balaban J connectivity index is 2.11. The lowest BCUT2D eigenvalue weighted by Crippen LogP contribution is -2.00. The first kappa shape index (κ1) is 14.7. The Morgan fingerprint density at radius 3 is 2.90 bits per heavy atom. The molecule has 0 N–H and O–H groups in total. The van der Waals surface area contributed by atoms with Gasteiger partial charge in [0.2, 0.25) is 0 Å². The zero-order valence-electron chi connectivity index (χ0n) is 10.9. The van der Waals surface area contributed by atoms with E-state index in [0.717, 1.165) is 34.4 Å². The number of aryl methyl sites for hydroxylation is 1. The fraction of sp³-hybridized carbons (Fsp3) is 0.250. The Kier molecular flexibility index (Phi) is 4.29. The van der Waals surface area contributed by atoms with Crippen molar-refractivity contribution in [3.8, 4) is 5.75 Å². The average Bonchev–Trinajstić information content (AvgIpc) is 2.88. The molecule has 3 rings (SSSR count). The second-order valence-corrected chi connectivity index (χ2v) is 7.35. The van der Waals surface area contributed by atoms with Gasteiger partial charge in [-0.3, -0.25) is 0 Å². The zero-order chi connectivity index (χ0) is 14.3. The largest absolute Gasteiger partial charge is 0.493 e. The molecule has 20 heavy (non-hydrogen) atoms. The van der Waals surface area contributed by atoms with Gasteiger partial charge in [0.05, 0.1) is 12.0 Å². The Hall–Kier alpha value is -0.260. The lowest BCUT2D eigenvalue weighted by atomic mass is 9.99. The highest BCUT2D eigenvalue weighted by Crippen LogP contribution is 2.42. The van der Waals surface area contributed by atoms with Crippen LogP contribution in [0.4, 0.5) is 0 Å². The molecule has 0 fully saturated rings. The summed E-state index contributed by atoms with van der Waals surface area (Å²) in [6, 6.07) is 10.4. The van der Waals surface area contributed by atoms with Crippen molar-refractivity contribution in [2.45, 2.75) is 18.7 Å². The predicted molar refractivity (Wildman–Crippen MR) is 94.9 cm³/mol. The molecule has 0 saturated carbocycles. The molecule has 1 heterocycles. The van der Waals surface area contributed by atoms with E-state index in [4.69, 9.17) is 16.3 Å². The molecule has 0 aliphatic carbocycles. The third-order valence-corrected chi connectivity index (χ3v) is 5.95. The molecular formula is C16H13BrClIO. The van der Waals surface area contributed by atoms with Crippen LogP contribution < -0.4 is 4.74 Å². The van der Waals surface area contributed by atoms with E-state index in [0.29, 0.717) is 0 Å². The smallest absolute Gasteiger partial charge is 0.127 e. The van der Waals surface area contributed by atoms with Crippen LogP contribution in [-0.4, -0.2) is 6.61 Å². The second kappa shape index (κ2) is 5.85. The van der Waals surface area contributed by atoms with E-state index in [1.54, 1.807) is 0 Å². The lowest BCUT2D eigenvalue weighted by Gasteiger charge is -2.17. The summed E-state index contributed by atoms with van der Waals surface area (Å²) in [7, 11) is 0. The first-order valence-corrected chi connectivity index (χ1v) is 8.73. The van der Waals surface area contributed by atoms with Crippen LogP contribution in [0.2, 0.25) is 0 Å². The average molecular weight is 464 g/mol. The van der Waals surface area contributed by atoms with E-state index in [1.165, 1.54) is 14.7 Å². The maximum absolute atomic E-state index is 6.76. The Labute approximate surface area is 145 Å². The lowest BCUT2D eigenvalue weighted by molar-refractivity contribution is 0.353. The molecule has 1 aliphatic heterocycles. The number of fused-ring (bicyclic) bond motifs is 1. The van der Waals surface area contributed by atoms with Gasteiger partial charge in [0.25, 0.3) is 0 Å². The van der Waals surface area contributed by atoms with Crippen molar-refractivity contribution in [3.05, 3.63) is 60.6 Å². The number of hydrogen-bond acceptors (Lipinski definition) is 1. The number of halogens is 3. The van der Waals surface area contributed by atoms with Gasteiger partial charge in [0.15, 0.2) is 0 Å². The van der Waals surface area contributed by atoms with Crippen molar-refractivity contribution >= 4 is 50.1 Å². The standard InChI is InChI=1S/C16H13BrClIO/c1-9-3-2-4-12(15(9)19)14(18)13-8-11(17)7-10-5-6-20-16(10)13/h2-4,7-8,14H,5-6H2,1H3. The van der Waals surface area contributed by atoms with Gasteiger partial charge in [-0.15, -0.1) is 11.6 Å². The number of benzene rings is 2. The quantitative estimate of drug-likeness (QED) is 0.415. The molecule has 4 heteroatoms. The van der Waals surface area contributed by atoms with E-state index in [2.05, 4.69) is 75.8 Å². The van der Waals surface area contributed by atoms with Crippen LogP contribution in [0.5, 0.6) is 5.75 Å². The van der Waals surface area contributed by atoms with Crippen LogP contribution >= 0.6 is 50.1 Å². The third-order valence-electron chi connectivity index (χ3n) is 3.54. The van der Waals surface area contributed by atoms with E-state index in [-0.39, 0.29) is 5.38 Å². The fourth-order valence-electron chi connectivity index (χ4n) is 2.52. The van der Waals surface area contributed by atoms with Crippen LogP contribution in [0.3, 0.4) is 0 Å². The highest BCUT2D eigenvalue weighted by atomic mass is 127. The van der Waals surface area contributed by atoms with Crippen LogP contribution in [0.1, 0.15) is 27.6 Å². The van der Waals surface area contributed by atoms with Gasteiger partial charge in [0.1, 0.15) is 5.75 Å². The number of alkyl halides is 1. The normalized spacial score (nSPS) is 14.8. The molecule has 2 aromatic rings. The van der Waals surface area contributed by atoms with Crippen molar-refractivity contribution in [2.24, 2.45) is 0 Å². The molecular weight excluding hydrogens is 450 g/mol. The summed E-state index contributed by atoms with van der Waals surface area (Å²) in [5.41, 5.74) is 4.68. The Bertz CT molecular complexity index is 672. The molecule has 0 aromatic heterocycles. The van der Waals surface area contributed by atoms with Crippen molar-refractivity contribution in [1.82, 2.24) is 0 Å². The monoisotopic (exact) mass is 462 g/mol. The first-order chi connectivity index (χ1) is 9.58. The number of hydrogen-bond donors (Lipinski definition) is 0. The van der Waals surface area contributed by atoms with E-state index in [9.17, 15) is 0 Å². The summed E-state index contributed by atoms with van der Waals surface area (Å²) in [5, 5.41) is -0.189. The van der Waals surface area contributed by atoms with Gasteiger partial charge in [-0.25, -0.2) is 0 Å². The second-order valence-electron chi connectivity index (χ2n) is 4.92. The first-order valence-electron chi connectivity index (χ1n) is 6.42. The minimum absolute atomic E-state index is 0.189. The highest BCUT2D eigenvalue weighted by Gasteiger charge is 2.24. The Morgan fingerprint density at radius 2 is 2.10 bits per heavy atom. The van der Waals surface area contributed by atoms with Crippen molar-refractivity contribution in [2.75, 3.05) is 6.61 Å². The summed E-state index contributed by atoms with van der Waals surface area (Å²) in [6.07, 6.45) is 0.955. The van der Waals surface area contributed by atoms with Crippen LogP contribution in [0.25, 0.3) is 0 Å². The molecule has 0 bridgehead atoms. The maximum Gasteiger partial charge on any atom is 0.127 e. The van der Waals surface area contributed by atoms with Crippen LogP contribution in [0, 0.1) is 10.5 Å². The minimum Gasteiger partial charge on any atom is -0.493 e. The summed E-state index contributed by atoms with van der Waals surface area (Å²) < 4.78 is 8.07. The molecule has 0 saturated heterocycles. The molecule has 0 amide bonds. The molecule has 1 nitrogen and oxygen atoms in total. The summed E-state index contributed by atoms with van der Waals surface area (Å²) in [4.78, 5) is 0. The fourth-order valence-corrected chi connectivity index (χ4v) is 4.24. The van der Waals surface area contributed by atoms with Gasteiger partial charge < -0.3 is 4.74 Å². The van der Waals surface area contributed by atoms with Gasteiger partial charge in [0, 0.05) is 20.0 Å². The predicted octanol–water partition coefficient (Wildman–Crippen LogP) is 5.63. The molecule has 1 unspecified atom stereocenters. The molecule has 1 aliphatic rings. The van der Waals surface area contributed by atoms with Crippen LogP contribution in [0.15, 0.2) is 34.8 Å². The van der Waals surface area contributed by atoms with Gasteiger partial charge in [-0.05, 0) is 58.3 Å². The molecule has 2 aromatic carbocycles. The van der Waals surface area contributed by atoms with Crippen LogP contribution in [-0.2, 0) is 6.42 Å². The van der Waals surface area contributed by atoms with E-state index < -0.39 is 0 Å². The molecule has 0 spiro atoms. The van der Waals surface area contributed by atoms with E-state index >= 15 is 0 Å². The van der Waals surface area contributed by atoms with Gasteiger partial charge >= 0.3 is 0 Å². The van der Waals surface area contributed by atoms with Gasteiger partial charge in [-0.1, -0.05) is 34.1 Å². The molecule has 104 valence electrons. The number of ether oxygens (including phenoxy) is 1. The number of rotatable bonds is 2. The van der Waals surface area contributed by atoms with Crippen molar-refractivity contribution < 1.29 is 4.74 Å². The Morgan fingerprint density at radius 1 is 1.30 bits per heavy atom. The zero-order valence-corrected chi connectivity index (χ0v) is 15.4. The van der Waals surface area contributed by atoms with Gasteiger partial charge in [-0.2, -0.15) is 0 Å². The summed E-state index contributed by atoms with van der Waals surface area (Å²) >= 11 is 12.7. The highest BCUT2D eigenvalue weighted by molar-refractivity contribution is 14.1. The SMILES string of the molecule is Cc1cccc(C(Cl)c2cc(Br)cc3c2OCC3)c1I. The molecule has 1 atom stereocenters. The third kappa shape index (κ3) is 2.60. The maximum atomic E-state index is 6.76. The summed E-state index contributed by atoms with van der Waals surface area (Å²) in [5.74, 6) is 0.963. The molecule has 0 radical (unpaired) electrons.